The normalized spacial score (nSPS) is 24.1. The van der Waals surface area contributed by atoms with E-state index in [2.05, 4.69) is 15.9 Å². The van der Waals surface area contributed by atoms with Crippen molar-refractivity contribution in [3.8, 4) is 0 Å². The highest BCUT2D eigenvalue weighted by molar-refractivity contribution is 9.11. The van der Waals surface area contributed by atoms with Crippen molar-refractivity contribution < 1.29 is 4.79 Å². The molecule has 2 heteroatoms. The van der Waals surface area contributed by atoms with Gasteiger partial charge in [-0.05, 0) is 0 Å². The fourth-order valence-electron chi connectivity index (χ4n) is 0.792. The Morgan fingerprint density at radius 3 is 3.00 bits per heavy atom. The van der Waals surface area contributed by atoms with Gasteiger partial charge in [-0.1, -0.05) is 34.2 Å². The Morgan fingerprint density at radius 2 is 2.56 bits per heavy atom. The fourth-order valence-corrected chi connectivity index (χ4v) is 1.28. The molecule has 0 saturated carbocycles. The maximum Gasteiger partial charge on any atom is 0.120 e. The van der Waals surface area contributed by atoms with E-state index in [0.29, 0.717) is 12.3 Å². The summed E-state index contributed by atoms with van der Waals surface area (Å²) in [4.78, 5) is 10.0. The standard InChI is InChI=1S/C7H7BrO/c8-7-3-1-2-6(7)4-5-9/h1-3,5-6H,4H2/t6-/m0/s1. The van der Waals surface area contributed by atoms with Gasteiger partial charge in [0, 0.05) is 16.8 Å². The van der Waals surface area contributed by atoms with Crippen LogP contribution in [0.15, 0.2) is 22.7 Å². The topological polar surface area (TPSA) is 17.1 Å². The van der Waals surface area contributed by atoms with Gasteiger partial charge in [0.2, 0.25) is 0 Å². The molecule has 0 aromatic rings. The molecule has 1 nitrogen and oxygen atoms in total. The molecule has 0 aliphatic heterocycles. The maximum absolute atomic E-state index is 10.0. The molecular weight excluding hydrogens is 180 g/mol. The van der Waals surface area contributed by atoms with Gasteiger partial charge in [0.1, 0.15) is 6.29 Å². The lowest BCUT2D eigenvalue weighted by Gasteiger charge is -2.00. The molecule has 0 radical (unpaired) electrons. The van der Waals surface area contributed by atoms with Crippen LogP contribution in [0.5, 0.6) is 0 Å². The van der Waals surface area contributed by atoms with E-state index < -0.39 is 0 Å². The molecule has 0 bridgehead atoms. The van der Waals surface area contributed by atoms with Crippen LogP contribution in [0.25, 0.3) is 0 Å². The van der Waals surface area contributed by atoms with Crippen molar-refractivity contribution in [1.29, 1.82) is 0 Å². The van der Waals surface area contributed by atoms with E-state index in [1.807, 2.05) is 18.2 Å². The van der Waals surface area contributed by atoms with Crippen molar-refractivity contribution >= 4 is 22.2 Å². The third-order valence-electron chi connectivity index (χ3n) is 1.30. The molecule has 1 rings (SSSR count). The lowest BCUT2D eigenvalue weighted by molar-refractivity contribution is -0.108. The van der Waals surface area contributed by atoms with Crippen LogP contribution in [0.3, 0.4) is 0 Å². The minimum absolute atomic E-state index is 0.308. The summed E-state index contributed by atoms with van der Waals surface area (Å²) >= 11 is 3.35. The SMILES string of the molecule is O=CC[C@@H]1C=CC=C1Br. The summed E-state index contributed by atoms with van der Waals surface area (Å²) in [5.74, 6) is 0.308. The second kappa shape index (κ2) is 2.97. The molecule has 1 aliphatic rings. The third-order valence-corrected chi connectivity index (χ3v) is 2.16. The minimum Gasteiger partial charge on any atom is -0.303 e. The highest BCUT2D eigenvalue weighted by Crippen LogP contribution is 2.26. The number of carbonyl (C=O) groups excluding carboxylic acids is 1. The van der Waals surface area contributed by atoms with E-state index in [9.17, 15) is 4.79 Å². The quantitative estimate of drug-likeness (QED) is 0.604. The zero-order valence-electron chi connectivity index (χ0n) is 4.88. The predicted octanol–water partition coefficient (Wildman–Crippen LogP) is 2.04. The summed E-state index contributed by atoms with van der Waals surface area (Å²) in [5, 5.41) is 0. The lowest BCUT2D eigenvalue weighted by atomic mass is 10.1. The summed E-state index contributed by atoms with van der Waals surface area (Å²) in [5.41, 5.74) is 0. The lowest BCUT2D eigenvalue weighted by Crippen LogP contribution is -1.92. The van der Waals surface area contributed by atoms with Crippen LogP contribution in [0.4, 0.5) is 0 Å². The van der Waals surface area contributed by atoms with Crippen LogP contribution >= 0.6 is 15.9 Å². The molecular formula is C7H7BrO. The first kappa shape index (κ1) is 6.75. The predicted molar refractivity (Wildman–Crippen MR) is 40.3 cm³/mol. The van der Waals surface area contributed by atoms with Gasteiger partial charge in [-0.2, -0.15) is 0 Å². The Balaban J connectivity index is 2.52. The molecule has 0 amide bonds. The minimum atomic E-state index is 0.308. The van der Waals surface area contributed by atoms with Crippen LogP contribution in [-0.4, -0.2) is 6.29 Å². The average Bonchev–Trinajstić information content (AvgIpc) is 2.18. The Hall–Kier alpha value is -0.370. The van der Waals surface area contributed by atoms with Gasteiger partial charge in [-0.15, -0.1) is 0 Å². The van der Waals surface area contributed by atoms with Gasteiger partial charge in [0.25, 0.3) is 0 Å². The first-order chi connectivity index (χ1) is 4.34. The van der Waals surface area contributed by atoms with Crippen LogP contribution in [-0.2, 0) is 4.79 Å². The second-order valence-corrected chi connectivity index (χ2v) is 2.86. The fraction of sp³-hybridized carbons (Fsp3) is 0.286. The molecule has 1 atom stereocenters. The van der Waals surface area contributed by atoms with E-state index in [4.69, 9.17) is 0 Å². The molecule has 0 fully saturated rings. The van der Waals surface area contributed by atoms with E-state index in [1.165, 1.54) is 0 Å². The second-order valence-electron chi connectivity index (χ2n) is 1.95. The third kappa shape index (κ3) is 1.52. The van der Waals surface area contributed by atoms with Crippen molar-refractivity contribution in [1.82, 2.24) is 0 Å². The van der Waals surface area contributed by atoms with Crippen LogP contribution in [0, 0.1) is 5.92 Å². The average molecular weight is 187 g/mol. The summed E-state index contributed by atoms with van der Waals surface area (Å²) < 4.78 is 1.11. The molecule has 48 valence electrons. The molecule has 0 unspecified atom stereocenters. The number of carbonyl (C=O) groups is 1. The molecule has 0 heterocycles. The first-order valence-electron chi connectivity index (χ1n) is 2.82. The number of hydrogen-bond acceptors (Lipinski definition) is 1. The van der Waals surface area contributed by atoms with Crippen molar-refractivity contribution in [2.24, 2.45) is 5.92 Å². The van der Waals surface area contributed by atoms with Gasteiger partial charge in [0.05, 0.1) is 0 Å². The number of allylic oxidation sites excluding steroid dienone is 4. The molecule has 9 heavy (non-hydrogen) atoms. The summed E-state index contributed by atoms with van der Waals surface area (Å²) in [7, 11) is 0. The van der Waals surface area contributed by atoms with Crippen LogP contribution < -0.4 is 0 Å². The van der Waals surface area contributed by atoms with E-state index in [-0.39, 0.29) is 0 Å². The van der Waals surface area contributed by atoms with E-state index in [0.717, 1.165) is 10.8 Å². The van der Waals surface area contributed by atoms with Gasteiger partial charge < -0.3 is 4.79 Å². The van der Waals surface area contributed by atoms with Crippen LogP contribution in [0.2, 0.25) is 0 Å². The Bertz CT molecular complexity index is 170. The number of aldehydes is 1. The Labute approximate surface area is 62.6 Å². The summed E-state index contributed by atoms with van der Waals surface area (Å²) in [6.45, 7) is 0. The van der Waals surface area contributed by atoms with Crippen molar-refractivity contribution in [3.63, 3.8) is 0 Å². The van der Waals surface area contributed by atoms with E-state index in [1.54, 1.807) is 0 Å². The van der Waals surface area contributed by atoms with Gasteiger partial charge in [-0.25, -0.2) is 0 Å². The maximum atomic E-state index is 10.0. The zero-order valence-corrected chi connectivity index (χ0v) is 6.47. The first-order valence-corrected chi connectivity index (χ1v) is 3.61. The van der Waals surface area contributed by atoms with E-state index >= 15 is 0 Å². The van der Waals surface area contributed by atoms with Gasteiger partial charge >= 0.3 is 0 Å². The number of rotatable bonds is 2. The monoisotopic (exact) mass is 186 g/mol. The zero-order chi connectivity index (χ0) is 6.69. The molecule has 0 saturated heterocycles. The molecule has 0 aromatic heterocycles. The Morgan fingerprint density at radius 1 is 1.78 bits per heavy atom. The molecule has 0 aromatic carbocycles. The molecule has 0 N–H and O–H groups in total. The van der Waals surface area contributed by atoms with Crippen molar-refractivity contribution in [2.75, 3.05) is 0 Å². The van der Waals surface area contributed by atoms with Crippen molar-refractivity contribution in [2.45, 2.75) is 6.42 Å². The molecule has 1 aliphatic carbocycles. The smallest absolute Gasteiger partial charge is 0.120 e. The highest BCUT2D eigenvalue weighted by atomic mass is 79.9. The number of hydrogen-bond donors (Lipinski definition) is 0. The Kier molecular flexibility index (Phi) is 2.22. The van der Waals surface area contributed by atoms with Gasteiger partial charge in [-0.3, -0.25) is 0 Å². The largest absolute Gasteiger partial charge is 0.303 e. The molecule has 0 spiro atoms. The number of halogens is 1. The summed E-state index contributed by atoms with van der Waals surface area (Å²) in [6.07, 6.45) is 7.47. The summed E-state index contributed by atoms with van der Waals surface area (Å²) in [6, 6.07) is 0. The highest BCUT2D eigenvalue weighted by Gasteiger charge is 2.09. The van der Waals surface area contributed by atoms with Crippen molar-refractivity contribution in [3.05, 3.63) is 22.7 Å². The van der Waals surface area contributed by atoms with Gasteiger partial charge in [0.15, 0.2) is 0 Å². The van der Waals surface area contributed by atoms with Crippen LogP contribution in [0.1, 0.15) is 6.42 Å².